The number of para-hydroxylation sites is 1. The van der Waals surface area contributed by atoms with E-state index in [2.05, 4.69) is 228 Å². The van der Waals surface area contributed by atoms with Crippen molar-refractivity contribution in [3.63, 3.8) is 0 Å². The summed E-state index contributed by atoms with van der Waals surface area (Å²) in [7, 11) is 0. The van der Waals surface area contributed by atoms with Crippen LogP contribution in [0.2, 0.25) is 0 Å². The molecule has 0 saturated heterocycles. The lowest BCUT2D eigenvalue weighted by Crippen LogP contribution is -2.61. The average molecular weight is 807 g/mol. The minimum absolute atomic E-state index is 0.0252. The predicted molar refractivity (Wildman–Crippen MR) is 268 cm³/mol. The van der Waals surface area contributed by atoms with Crippen LogP contribution in [0.25, 0.3) is 44.5 Å². The summed E-state index contributed by atoms with van der Waals surface area (Å²) >= 11 is 0. The molecule has 0 aromatic heterocycles. The van der Waals surface area contributed by atoms with E-state index in [4.69, 9.17) is 0 Å². The molecule has 3 aliphatic rings. The second-order valence-corrected chi connectivity index (χ2v) is 17.5. The SMILES string of the molecule is c1ccc(-c2cc(-c3ccccc3)cc(N3c4cc(-c5ccccc5)ccc4B4c5ccc(-c6ccccc6)cc5N(c5ccccc5)c5cc(C6CCCCC6)cc3c54)c2)cc1. The summed E-state index contributed by atoms with van der Waals surface area (Å²) in [5.74, 6) is 0.503. The fraction of sp³-hybridized carbons (Fsp3) is 0.100. The molecule has 3 heteroatoms. The molecule has 0 bridgehead atoms. The highest BCUT2D eigenvalue weighted by Crippen LogP contribution is 2.49. The first-order valence-corrected chi connectivity index (χ1v) is 22.7. The van der Waals surface area contributed by atoms with Crippen molar-refractivity contribution in [3.8, 4) is 44.5 Å². The normalized spacial score (nSPS) is 14.2. The molecular formula is C60H47BN2. The lowest BCUT2D eigenvalue weighted by Gasteiger charge is -2.45. The summed E-state index contributed by atoms with van der Waals surface area (Å²) in [4.78, 5) is 5.22. The van der Waals surface area contributed by atoms with E-state index in [9.17, 15) is 0 Å². The molecule has 0 N–H and O–H groups in total. The fourth-order valence-electron chi connectivity index (χ4n) is 10.8. The summed E-state index contributed by atoms with van der Waals surface area (Å²) in [6.07, 6.45) is 6.31. The van der Waals surface area contributed by atoms with Gasteiger partial charge in [0, 0.05) is 34.1 Å². The van der Waals surface area contributed by atoms with E-state index in [1.54, 1.807) is 0 Å². The number of hydrogen-bond donors (Lipinski definition) is 0. The molecule has 1 aliphatic carbocycles. The van der Waals surface area contributed by atoms with Crippen LogP contribution in [0.4, 0.5) is 34.1 Å². The molecule has 1 fully saturated rings. The van der Waals surface area contributed by atoms with Gasteiger partial charge in [-0.2, -0.15) is 0 Å². The van der Waals surface area contributed by atoms with Gasteiger partial charge in [-0.3, -0.25) is 0 Å². The highest BCUT2D eigenvalue weighted by molar-refractivity contribution is 7.00. The van der Waals surface area contributed by atoms with E-state index in [1.165, 1.54) is 133 Å². The number of fused-ring (bicyclic) bond motifs is 4. The van der Waals surface area contributed by atoms with Gasteiger partial charge in [0.2, 0.25) is 0 Å². The van der Waals surface area contributed by atoms with Gasteiger partial charge in [-0.25, -0.2) is 0 Å². The molecule has 1 saturated carbocycles. The van der Waals surface area contributed by atoms with Gasteiger partial charge in [0.25, 0.3) is 6.71 Å². The number of nitrogens with zero attached hydrogens (tertiary/aromatic N) is 2. The van der Waals surface area contributed by atoms with Gasteiger partial charge in [-0.05, 0) is 140 Å². The Kier molecular flexibility index (Phi) is 9.40. The van der Waals surface area contributed by atoms with Crippen molar-refractivity contribution in [1.82, 2.24) is 0 Å². The Bertz CT molecular complexity index is 3030. The third-order valence-corrected chi connectivity index (χ3v) is 13.8. The lowest BCUT2D eigenvalue weighted by atomic mass is 9.33. The van der Waals surface area contributed by atoms with Crippen molar-refractivity contribution in [1.29, 1.82) is 0 Å². The molecule has 0 spiro atoms. The summed E-state index contributed by atoms with van der Waals surface area (Å²) in [5, 5.41) is 0. The van der Waals surface area contributed by atoms with Crippen molar-refractivity contribution >= 4 is 57.2 Å². The maximum atomic E-state index is 2.63. The Balaban J connectivity index is 1.18. The minimum atomic E-state index is 0.0252. The highest BCUT2D eigenvalue weighted by atomic mass is 15.2. The fourth-order valence-corrected chi connectivity index (χ4v) is 10.8. The van der Waals surface area contributed by atoms with E-state index in [-0.39, 0.29) is 6.71 Å². The van der Waals surface area contributed by atoms with Crippen molar-refractivity contribution < 1.29 is 0 Å². The van der Waals surface area contributed by atoms with Gasteiger partial charge in [0.1, 0.15) is 0 Å². The molecule has 0 radical (unpaired) electrons. The molecule has 0 amide bonds. The highest BCUT2D eigenvalue weighted by Gasteiger charge is 2.44. The molecule has 0 unspecified atom stereocenters. The molecule has 63 heavy (non-hydrogen) atoms. The van der Waals surface area contributed by atoms with Gasteiger partial charge in [-0.1, -0.05) is 183 Å². The van der Waals surface area contributed by atoms with Crippen LogP contribution in [0.1, 0.15) is 43.6 Å². The Morgan fingerprint density at radius 1 is 0.317 bits per heavy atom. The van der Waals surface area contributed by atoms with Crippen LogP contribution in [-0.2, 0) is 0 Å². The smallest absolute Gasteiger partial charge is 0.252 e. The molecule has 2 heterocycles. The first kappa shape index (κ1) is 37.4. The largest absolute Gasteiger partial charge is 0.311 e. The second kappa shape index (κ2) is 15.8. The number of rotatable bonds is 7. The van der Waals surface area contributed by atoms with Crippen LogP contribution in [-0.4, -0.2) is 6.71 Å². The molecule has 0 atom stereocenters. The zero-order valence-corrected chi connectivity index (χ0v) is 35.4. The van der Waals surface area contributed by atoms with Crippen LogP contribution in [0.3, 0.4) is 0 Å². The van der Waals surface area contributed by atoms with Crippen molar-refractivity contribution in [2.75, 3.05) is 9.80 Å². The summed E-state index contributed by atoms with van der Waals surface area (Å²) in [6.45, 7) is 0.0252. The van der Waals surface area contributed by atoms with Crippen molar-refractivity contribution in [3.05, 3.63) is 224 Å². The van der Waals surface area contributed by atoms with Crippen LogP contribution in [0, 0.1) is 0 Å². The van der Waals surface area contributed by atoms with E-state index in [0.717, 1.165) is 0 Å². The first-order valence-electron chi connectivity index (χ1n) is 22.7. The molecule has 9 aromatic carbocycles. The van der Waals surface area contributed by atoms with Gasteiger partial charge >= 0.3 is 0 Å². The molecule has 300 valence electrons. The van der Waals surface area contributed by atoms with E-state index < -0.39 is 0 Å². The van der Waals surface area contributed by atoms with Crippen molar-refractivity contribution in [2.45, 2.75) is 38.0 Å². The Morgan fingerprint density at radius 3 is 1.19 bits per heavy atom. The standard InChI is InChI=1S/C60H47BN2/c1-7-19-42(20-8-1)47-31-33-54-56(38-47)62(52-29-17-6-18-30-52)58-40-51(46-27-15-5-16-28-46)41-59-60(58)61(54)55-34-32-48(43-21-9-2-10-22-43)39-57(55)63(59)53-36-49(44-23-11-3-12-24-44)35-50(37-53)45-25-13-4-14-26-45/h1-4,6-14,17-26,29-41,46H,5,15-16,27-28H2. The molecule has 2 nitrogen and oxygen atoms in total. The van der Waals surface area contributed by atoms with E-state index in [0.29, 0.717) is 5.92 Å². The third kappa shape index (κ3) is 6.67. The third-order valence-electron chi connectivity index (χ3n) is 13.8. The summed E-state index contributed by atoms with van der Waals surface area (Å²) in [5.41, 5.74) is 22.6. The Hall–Kier alpha value is -7.36. The van der Waals surface area contributed by atoms with Gasteiger partial charge in [-0.15, -0.1) is 0 Å². The summed E-state index contributed by atoms with van der Waals surface area (Å²) in [6, 6.07) is 81.5. The van der Waals surface area contributed by atoms with Crippen LogP contribution >= 0.6 is 0 Å². The van der Waals surface area contributed by atoms with Crippen LogP contribution in [0.15, 0.2) is 218 Å². The van der Waals surface area contributed by atoms with Crippen LogP contribution < -0.4 is 26.2 Å². The van der Waals surface area contributed by atoms with Gasteiger partial charge in [0.05, 0.1) is 0 Å². The molecule has 2 aliphatic heterocycles. The van der Waals surface area contributed by atoms with Crippen molar-refractivity contribution in [2.24, 2.45) is 0 Å². The maximum absolute atomic E-state index is 2.63. The number of benzene rings is 9. The van der Waals surface area contributed by atoms with E-state index >= 15 is 0 Å². The van der Waals surface area contributed by atoms with E-state index in [1.807, 2.05) is 0 Å². The first-order chi connectivity index (χ1) is 31.2. The monoisotopic (exact) mass is 806 g/mol. The zero-order chi connectivity index (χ0) is 41.7. The Morgan fingerprint density at radius 2 is 0.730 bits per heavy atom. The second-order valence-electron chi connectivity index (χ2n) is 17.5. The lowest BCUT2D eigenvalue weighted by molar-refractivity contribution is 0.444. The topological polar surface area (TPSA) is 6.48 Å². The minimum Gasteiger partial charge on any atom is -0.311 e. The molecule has 9 aromatic rings. The molecular weight excluding hydrogens is 759 g/mol. The number of hydrogen-bond acceptors (Lipinski definition) is 2. The number of anilines is 6. The van der Waals surface area contributed by atoms with Crippen LogP contribution in [0.5, 0.6) is 0 Å². The van der Waals surface area contributed by atoms with Gasteiger partial charge in [0.15, 0.2) is 0 Å². The van der Waals surface area contributed by atoms with Gasteiger partial charge < -0.3 is 9.80 Å². The Labute approximate surface area is 371 Å². The maximum Gasteiger partial charge on any atom is 0.252 e. The summed E-state index contributed by atoms with van der Waals surface area (Å²) < 4.78 is 0. The molecule has 12 rings (SSSR count). The average Bonchev–Trinajstić information content (AvgIpc) is 3.37. The quantitative estimate of drug-likeness (QED) is 0.148. The zero-order valence-electron chi connectivity index (χ0n) is 35.4. The predicted octanol–water partition coefficient (Wildman–Crippen LogP) is 14.5.